The molecule has 1 saturated heterocycles. The van der Waals surface area contributed by atoms with Crippen LogP contribution in [0.4, 0.5) is 5.69 Å². The van der Waals surface area contributed by atoms with Gasteiger partial charge in [0.15, 0.2) is 5.96 Å². The van der Waals surface area contributed by atoms with Gasteiger partial charge in [0.25, 0.3) is 0 Å². The van der Waals surface area contributed by atoms with E-state index in [0.29, 0.717) is 19.5 Å². The molecule has 3 N–H and O–H groups in total. The smallest absolute Gasteiger partial charge is 0.225 e. The van der Waals surface area contributed by atoms with Crippen LogP contribution < -0.4 is 16.0 Å². The number of nitrogens with zero attached hydrogens (tertiary/aromatic N) is 2. The van der Waals surface area contributed by atoms with Crippen LogP contribution >= 0.6 is 0 Å². The van der Waals surface area contributed by atoms with Crippen molar-refractivity contribution in [3.63, 3.8) is 0 Å². The van der Waals surface area contributed by atoms with Crippen LogP contribution in [-0.2, 0) is 22.6 Å². The Labute approximate surface area is 183 Å². The molecule has 2 aliphatic rings. The molecule has 31 heavy (non-hydrogen) atoms. The summed E-state index contributed by atoms with van der Waals surface area (Å²) in [6.07, 6.45) is 0.476. The molecule has 2 aromatic rings. The number of fused-ring (bicyclic) bond motifs is 1. The van der Waals surface area contributed by atoms with Gasteiger partial charge >= 0.3 is 0 Å². The van der Waals surface area contributed by atoms with Crippen molar-refractivity contribution in [3.8, 4) is 0 Å². The molecule has 0 radical (unpaired) electrons. The van der Waals surface area contributed by atoms with E-state index in [1.165, 1.54) is 16.7 Å². The largest absolute Gasteiger partial charge is 0.379 e. The molecule has 7 nitrogen and oxygen atoms in total. The first-order valence-corrected chi connectivity index (χ1v) is 10.9. The van der Waals surface area contributed by atoms with E-state index in [0.717, 1.165) is 44.5 Å². The number of anilines is 1. The van der Waals surface area contributed by atoms with E-state index in [9.17, 15) is 4.79 Å². The van der Waals surface area contributed by atoms with Gasteiger partial charge in [0.2, 0.25) is 5.91 Å². The minimum Gasteiger partial charge on any atom is -0.379 e. The Bertz CT molecular complexity index is 924. The third-order valence-corrected chi connectivity index (χ3v) is 5.91. The molecule has 7 heteroatoms. The lowest BCUT2D eigenvalue weighted by Crippen LogP contribution is -2.40. The second-order valence-electron chi connectivity index (χ2n) is 8.00. The van der Waals surface area contributed by atoms with E-state index in [-0.39, 0.29) is 11.8 Å². The highest BCUT2D eigenvalue weighted by Crippen LogP contribution is 2.31. The Morgan fingerprint density at radius 1 is 1.10 bits per heavy atom. The van der Waals surface area contributed by atoms with Crippen molar-refractivity contribution in [1.29, 1.82) is 0 Å². The predicted molar refractivity (Wildman–Crippen MR) is 123 cm³/mol. The van der Waals surface area contributed by atoms with Gasteiger partial charge in [0, 0.05) is 57.8 Å². The number of carbonyl (C=O) groups is 1. The van der Waals surface area contributed by atoms with E-state index in [1.54, 1.807) is 7.05 Å². The van der Waals surface area contributed by atoms with Crippen LogP contribution in [0.5, 0.6) is 0 Å². The number of benzene rings is 2. The SMILES string of the molecule is CN=C(NCc1ccccc1CN1CCOCC1)NCC1CC(=O)Nc2ccccc21. The molecule has 0 bridgehead atoms. The highest BCUT2D eigenvalue weighted by molar-refractivity contribution is 5.94. The number of nitrogens with one attached hydrogen (secondary N) is 3. The van der Waals surface area contributed by atoms with Gasteiger partial charge in [-0.05, 0) is 22.8 Å². The first-order valence-electron chi connectivity index (χ1n) is 10.9. The lowest BCUT2D eigenvalue weighted by Gasteiger charge is -2.28. The number of guanidine groups is 1. The Kier molecular flexibility index (Phi) is 7.17. The van der Waals surface area contributed by atoms with Gasteiger partial charge in [-0.2, -0.15) is 0 Å². The van der Waals surface area contributed by atoms with Crippen molar-refractivity contribution in [1.82, 2.24) is 15.5 Å². The van der Waals surface area contributed by atoms with Crippen LogP contribution in [0.2, 0.25) is 0 Å². The zero-order valence-corrected chi connectivity index (χ0v) is 18.1. The van der Waals surface area contributed by atoms with E-state index >= 15 is 0 Å². The molecule has 0 aliphatic carbocycles. The lowest BCUT2D eigenvalue weighted by molar-refractivity contribution is -0.116. The van der Waals surface area contributed by atoms with Crippen LogP contribution in [0.15, 0.2) is 53.5 Å². The molecule has 0 saturated carbocycles. The van der Waals surface area contributed by atoms with Gasteiger partial charge in [-0.25, -0.2) is 0 Å². The Balaban J connectivity index is 1.34. The lowest BCUT2D eigenvalue weighted by atomic mass is 9.90. The molecule has 4 rings (SSSR count). The van der Waals surface area contributed by atoms with Crippen molar-refractivity contribution in [2.45, 2.75) is 25.4 Å². The molecule has 1 atom stereocenters. The van der Waals surface area contributed by atoms with E-state index in [1.807, 2.05) is 18.2 Å². The second-order valence-corrected chi connectivity index (χ2v) is 8.00. The molecule has 1 unspecified atom stereocenters. The van der Waals surface area contributed by atoms with Crippen molar-refractivity contribution >= 4 is 17.6 Å². The molecule has 2 aliphatic heterocycles. The first kappa shape index (κ1) is 21.3. The van der Waals surface area contributed by atoms with Crippen molar-refractivity contribution < 1.29 is 9.53 Å². The first-order chi connectivity index (χ1) is 15.2. The number of rotatable bonds is 6. The predicted octanol–water partition coefficient (Wildman–Crippen LogP) is 2.31. The minimum atomic E-state index is 0.0606. The molecule has 1 fully saturated rings. The zero-order chi connectivity index (χ0) is 21.5. The maximum Gasteiger partial charge on any atom is 0.225 e. The Hall–Kier alpha value is -2.90. The van der Waals surface area contributed by atoms with Crippen LogP contribution in [0, 0.1) is 0 Å². The summed E-state index contributed by atoms with van der Waals surface area (Å²) in [6, 6.07) is 16.5. The highest BCUT2D eigenvalue weighted by atomic mass is 16.5. The summed E-state index contributed by atoms with van der Waals surface area (Å²) >= 11 is 0. The van der Waals surface area contributed by atoms with Crippen molar-refractivity contribution in [2.24, 2.45) is 4.99 Å². The molecule has 1 amide bonds. The third kappa shape index (κ3) is 5.62. The van der Waals surface area contributed by atoms with E-state index < -0.39 is 0 Å². The van der Waals surface area contributed by atoms with Crippen molar-refractivity contribution in [3.05, 3.63) is 65.2 Å². The maximum absolute atomic E-state index is 12.1. The Morgan fingerprint density at radius 2 is 1.84 bits per heavy atom. The fourth-order valence-corrected chi connectivity index (χ4v) is 4.19. The van der Waals surface area contributed by atoms with Gasteiger partial charge in [-0.15, -0.1) is 0 Å². The third-order valence-electron chi connectivity index (χ3n) is 5.91. The van der Waals surface area contributed by atoms with Crippen LogP contribution in [0.3, 0.4) is 0 Å². The van der Waals surface area contributed by atoms with Gasteiger partial charge in [0.05, 0.1) is 13.2 Å². The van der Waals surface area contributed by atoms with Crippen LogP contribution in [-0.4, -0.2) is 56.7 Å². The quantitative estimate of drug-likeness (QED) is 0.493. The molecular weight excluding hydrogens is 390 g/mol. The average molecular weight is 422 g/mol. The number of carbonyl (C=O) groups excluding carboxylic acids is 1. The monoisotopic (exact) mass is 421 g/mol. The van der Waals surface area contributed by atoms with Crippen LogP contribution in [0.1, 0.15) is 29.0 Å². The zero-order valence-electron chi connectivity index (χ0n) is 18.1. The van der Waals surface area contributed by atoms with Crippen molar-refractivity contribution in [2.75, 3.05) is 45.2 Å². The molecule has 2 heterocycles. The fourth-order valence-electron chi connectivity index (χ4n) is 4.19. The molecular formula is C24H31N5O2. The minimum absolute atomic E-state index is 0.0606. The topological polar surface area (TPSA) is 78.0 Å². The summed E-state index contributed by atoms with van der Waals surface area (Å²) in [7, 11) is 1.77. The molecule has 2 aromatic carbocycles. The number of morpholine rings is 1. The summed E-state index contributed by atoms with van der Waals surface area (Å²) in [5.41, 5.74) is 4.66. The average Bonchev–Trinajstić information content (AvgIpc) is 2.80. The van der Waals surface area contributed by atoms with Crippen LogP contribution in [0.25, 0.3) is 0 Å². The second kappa shape index (κ2) is 10.4. The van der Waals surface area contributed by atoms with Gasteiger partial charge in [0.1, 0.15) is 0 Å². The fraction of sp³-hybridized carbons (Fsp3) is 0.417. The number of hydrogen-bond donors (Lipinski definition) is 3. The summed E-state index contributed by atoms with van der Waals surface area (Å²) in [5.74, 6) is 0.923. The number of hydrogen-bond acceptors (Lipinski definition) is 4. The van der Waals surface area contributed by atoms with E-state index in [4.69, 9.17) is 4.74 Å². The van der Waals surface area contributed by atoms with Gasteiger partial charge in [-0.3, -0.25) is 14.7 Å². The summed E-state index contributed by atoms with van der Waals surface area (Å²) in [6.45, 7) is 5.84. The standard InChI is InChI=1S/C24H31N5O2/c1-25-24(27-16-20-14-23(30)28-22-9-5-4-8-21(20)22)26-15-18-6-2-3-7-19(18)17-29-10-12-31-13-11-29/h2-9,20H,10-17H2,1H3,(H,28,30)(H2,25,26,27). The van der Waals surface area contributed by atoms with Gasteiger partial charge < -0.3 is 20.7 Å². The summed E-state index contributed by atoms with van der Waals surface area (Å²) in [4.78, 5) is 18.9. The number of para-hydroxylation sites is 1. The Morgan fingerprint density at radius 3 is 2.65 bits per heavy atom. The van der Waals surface area contributed by atoms with E-state index in [2.05, 4.69) is 56.2 Å². The summed E-state index contributed by atoms with van der Waals surface area (Å²) < 4.78 is 5.46. The molecule has 0 spiro atoms. The number of ether oxygens (including phenoxy) is 1. The molecule has 164 valence electrons. The highest BCUT2D eigenvalue weighted by Gasteiger charge is 2.24. The molecule has 0 aromatic heterocycles. The number of aliphatic imine (C=N–C) groups is 1. The van der Waals surface area contributed by atoms with Gasteiger partial charge in [-0.1, -0.05) is 42.5 Å². The normalized spacial score (nSPS) is 19.5. The maximum atomic E-state index is 12.1. The number of amides is 1. The summed E-state index contributed by atoms with van der Waals surface area (Å²) in [5, 5.41) is 9.79.